The Kier molecular flexibility index (Phi) is 7.69. The lowest BCUT2D eigenvalue weighted by Gasteiger charge is -2.17. The summed E-state index contributed by atoms with van der Waals surface area (Å²) in [7, 11) is 0. The van der Waals surface area contributed by atoms with Crippen molar-refractivity contribution in [3.05, 3.63) is 70.8 Å². The van der Waals surface area contributed by atoms with Gasteiger partial charge in [-0.25, -0.2) is 9.48 Å². The SMILES string of the molecule is CCCC(=O)OCOC(=O)c1c(-c2ccccc2)nn(CC)c(=O)c1Nc1cccnc1. The van der Waals surface area contributed by atoms with Crippen LogP contribution in [0.2, 0.25) is 0 Å². The van der Waals surface area contributed by atoms with E-state index in [2.05, 4.69) is 15.4 Å². The van der Waals surface area contributed by atoms with Gasteiger partial charge in [0, 0.05) is 24.7 Å². The fourth-order valence-electron chi connectivity index (χ4n) is 2.98. The Morgan fingerprint density at radius 1 is 1.06 bits per heavy atom. The van der Waals surface area contributed by atoms with Crippen LogP contribution in [0, 0.1) is 0 Å². The maximum atomic E-state index is 13.1. The standard InChI is InChI=1S/C23H24N4O5/c1-3-9-18(28)31-15-32-23(30)19-20(16-10-6-5-7-11-16)26-27(4-2)22(29)21(19)25-17-12-8-13-24-14-17/h5-8,10-14,25H,3-4,9,15H2,1-2H3. The van der Waals surface area contributed by atoms with Gasteiger partial charge in [-0.15, -0.1) is 0 Å². The Bertz CT molecular complexity index is 1130. The first kappa shape index (κ1) is 22.7. The summed E-state index contributed by atoms with van der Waals surface area (Å²) in [5, 5.41) is 7.38. The molecule has 166 valence electrons. The first-order chi connectivity index (χ1) is 15.5. The molecule has 1 N–H and O–H groups in total. The van der Waals surface area contributed by atoms with Crippen LogP contribution < -0.4 is 10.9 Å². The molecule has 0 aliphatic rings. The number of aromatic nitrogens is 3. The smallest absolute Gasteiger partial charge is 0.345 e. The highest BCUT2D eigenvalue weighted by Gasteiger charge is 2.26. The van der Waals surface area contributed by atoms with Crippen LogP contribution in [0.25, 0.3) is 11.3 Å². The lowest BCUT2D eigenvalue weighted by molar-refractivity contribution is -0.152. The van der Waals surface area contributed by atoms with Crippen LogP contribution in [0.15, 0.2) is 59.7 Å². The Morgan fingerprint density at radius 3 is 2.50 bits per heavy atom. The molecular formula is C23H24N4O5. The van der Waals surface area contributed by atoms with Crippen LogP contribution in [-0.4, -0.2) is 33.5 Å². The number of anilines is 2. The minimum absolute atomic E-state index is 0.00131. The molecule has 3 rings (SSSR count). The van der Waals surface area contributed by atoms with Gasteiger partial charge in [0.15, 0.2) is 0 Å². The molecule has 2 aromatic heterocycles. The lowest BCUT2D eigenvalue weighted by atomic mass is 10.0. The summed E-state index contributed by atoms with van der Waals surface area (Å²) >= 11 is 0. The van der Waals surface area contributed by atoms with E-state index >= 15 is 0 Å². The van der Waals surface area contributed by atoms with Crippen LogP contribution in [0.1, 0.15) is 37.0 Å². The zero-order chi connectivity index (χ0) is 22.9. The number of aryl methyl sites for hydroxylation is 1. The van der Waals surface area contributed by atoms with Gasteiger partial charge in [0.2, 0.25) is 6.79 Å². The van der Waals surface area contributed by atoms with Crippen LogP contribution in [-0.2, 0) is 20.8 Å². The van der Waals surface area contributed by atoms with Crippen molar-refractivity contribution in [3.8, 4) is 11.3 Å². The average molecular weight is 436 g/mol. The van der Waals surface area contributed by atoms with Crippen molar-refractivity contribution in [2.45, 2.75) is 33.2 Å². The predicted molar refractivity (Wildman–Crippen MR) is 118 cm³/mol. The molecule has 0 atom stereocenters. The molecule has 0 saturated heterocycles. The first-order valence-corrected chi connectivity index (χ1v) is 10.3. The van der Waals surface area contributed by atoms with E-state index in [1.807, 2.05) is 13.0 Å². The maximum absolute atomic E-state index is 13.1. The highest BCUT2D eigenvalue weighted by molar-refractivity contribution is 6.02. The molecule has 0 amide bonds. The molecule has 0 radical (unpaired) electrons. The molecule has 3 aromatic rings. The second-order valence-corrected chi connectivity index (χ2v) is 6.77. The van der Waals surface area contributed by atoms with Gasteiger partial charge in [-0.1, -0.05) is 37.3 Å². The van der Waals surface area contributed by atoms with Crippen molar-refractivity contribution in [1.29, 1.82) is 0 Å². The number of pyridine rings is 1. The Balaban J connectivity index is 2.08. The Hall–Kier alpha value is -4.01. The summed E-state index contributed by atoms with van der Waals surface area (Å²) in [6.45, 7) is 3.35. The molecule has 0 aliphatic heterocycles. The van der Waals surface area contributed by atoms with E-state index in [1.165, 1.54) is 10.9 Å². The number of ether oxygens (including phenoxy) is 2. The van der Waals surface area contributed by atoms with E-state index in [4.69, 9.17) is 9.47 Å². The molecule has 0 fully saturated rings. The third kappa shape index (κ3) is 5.37. The fourth-order valence-corrected chi connectivity index (χ4v) is 2.98. The zero-order valence-electron chi connectivity index (χ0n) is 17.9. The Labute approximate surface area is 185 Å². The maximum Gasteiger partial charge on any atom is 0.345 e. The van der Waals surface area contributed by atoms with Crippen molar-refractivity contribution in [1.82, 2.24) is 14.8 Å². The fraction of sp³-hybridized carbons (Fsp3) is 0.261. The topological polar surface area (TPSA) is 112 Å². The minimum Gasteiger partial charge on any atom is -0.428 e. The van der Waals surface area contributed by atoms with E-state index in [0.717, 1.165) is 0 Å². The number of hydrogen-bond acceptors (Lipinski definition) is 8. The minimum atomic E-state index is -0.840. The quantitative estimate of drug-likeness (QED) is 0.400. The van der Waals surface area contributed by atoms with Crippen molar-refractivity contribution in [3.63, 3.8) is 0 Å². The molecule has 9 heteroatoms. The first-order valence-electron chi connectivity index (χ1n) is 10.3. The molecule has 0 saturated carbocycles. The van der Waals surface area contributed by atoms with Gasteiger partial charge in [-0.2, -0.15) is 5.10 Å². The van der Waals surface area contributed by atoms with Crippen LogP contribution in [0.5, 0.6) is 0 Å². The van der Waals surface area contributed by atoms with Gasteiger partial charge in [0.25, 0.3) is 5.56 Å². The molecule has 0 aliphatic carbocycles. The van der Waals surface area contributed by atoms with Gasteiger partial charge in [-0.3, -0.25) is 14.6 Å². The molecule has 1 aromatic carbocycles. The van der Waals surface area contributed by atoms with Crippen molar-refractivity contribution >= 4 is 23.3 Å². The van der Waals surface area contributed by atoms with Crippen LogP contribution in [0.3, 0.4) is 0 Å². The average Bonchev–Trinajstić information content (AvgIpc) is 2.81. The van der Waals surface area contributed by atoms with E-state index in [0.29, 0.717) is 24.2 Å². The molecule has 0 bridgehead atoms. The van der Waals surface area contributed by atoms with Gasteiger partial charge in [0.1, 0.15) is 16.9 Å². The zero-order valence-corrected chi connectivity index (χ0v) is 17.9. The number of nitrogens with zero attached hydrogens (tertiary/aromatic N) is 3. The van der Waals surface area contributed by atoms with E-state index in [9.17, 15) is 14.4 Å². The predicted octanol–water partition coefficient (Wildman–Crippen LogP) is 3.53. The lowest BCUT2D eigenvalue weighted by Crippen LogP contribution is -2.29. The molecule has 0 unspecified atom stereocenters. The third-order valence-corrected chi connectivity index (χ3v) is 4.50. The molecule has 32 heavy (non-hydrogen) atoms. The third-order valence-electron chi connectivity index (χ3n) is 4.50. The molecular weight excluding hydrogens is 412 g/mol. The van der Waals surface area contributed by atoms with Crippen molar-refractivity contribution in [2.75, 3.05) is 12.1 Å². The summed E-state index contributed by atoms with van der Waals surface area (Å²) in [5.41, 5.74) is 0.855. The van der Waals surface area contributed by atoms with Crippen molar-refractivity contribution < 1.29 is 19.1 Å². The second-order valence-electron chi connectivity index (χ2n) is 6.77. The van der Waals surface area contributed by atoms with Gasteiger partial charge in [0.05, 0.1) is 11.9 Å². The number of esters is 2. The molecule has 9 nitrogen and oxygen atoms in total. The van der Waals surface area contributed by atoms with E-state index < -0.39 is 24.3 Å². The summed E-state index contributed by atoms with van der Waals surface area (Å²) in [6.07, 6.45) is 3.95. The molecule has 2 heterocycles. The van der Waals surface area contributed by atoms with E-state index in [-0.39, 0.29) is 23.4 Å². The number of carbonyl (C=O) groups is 2. The summed E-state index contributed by atoms with van der Waals surface area (Å²) < 4.78 is 11.4. The monoisotopic (exact) mass is 436 g/mol. The number of hydrogen-bond donors (Lipinski definition) is 1. The van der Waals surface area contributed by atoms with Gasteiger partial charge < -0.3 is 14.8 Å². The summed E-state index contributed by atoms with van der Waals surface area (Å²) in [6, 6.07) is 12.4. The highest BCUT2D eigenvalue weighted by atomic mass is 16.7. The number of rotatable bonds is 9. The van der Waals surface area contributed by atoms with Crippen LogP contribution in [0.4, 0.5) is 11.4 Å². The normalized spacial score (nSPS) is 10.4. The second kappa shape index (κ2) is 10.9. The van der Waals surface area contributed by atoms with Crippen LogP contribution >= 0.6 is 0 Å². The highest BCUT2D eigenvalue weighted by Crippen LogP contribution is 2.27. The molecule has 0 spiro atoms. The summed E-state index contributed by atoms with van der Waals surface area (Å²) in [5.74, 6) is -1.32. The largest absolute Gasteiger partial charge is 0.428 e. The number of carbonyl (C=O) groups excluding carboxylic acids is 2. The van der Waals surface area contributed by atoms with E-state index in [1.54, 1.807) is 49.5 Å². The van der Waals surface area contributed by atoms with Gasteiger partial charge in [-0.05, 0) is 25.5 Å². The number of nitrogens with one attached hydrogen (secondary N) is 1. The number of benzene rings is 1. The Morgan fingerprint density at radius 2 is 1.84 bits per heavy atom. The van der Waals surface area contributed by atoms with Crippen molar-refractivity contribution in [2.24, 2.45) is 0 Å². The van der Waals surface area contributed by atoms with Gasteiger partial charge >= 0.3 is 11.9 Å². The summed E-state index contributed by atoms with van der Waals surface area (Å²) in [4.78, 5) is 41.8.